The van der Waals surface area contributed by atoms with Gasteiger partial charge < -0.3 is 4.98 Å². The zero-order valence-electron chi connectivity index (χ0n) is 9.87. The molecule has 0 amide bonds. The van der Waals surface area contributed by atoms with Gasteiger partial charge in [0.25, 0.3) is 0 Å². The van der Waals surface area contributed by atoms with Crippen LogP contribution in [-0.2, 0) is 18.3 Å². The van der Waals surface area contributed by atoms with E-state index in [4.69, 9.17) is 0 Å². The highest BCUT2D eigenvalue weighted by Crippen LogP contribution is 2.57. The smallest absolute Gasteiger partial charge is 0.0921 e. The highest BCUT2D eigenvalue weighted by Gasteiger charge is 2.48. The van der Waals surface area contributed by atoms with Gasteiger partial charge in [-0.25, -0.2) is 4.98 Å². The Morgan fingerprint density at radius 2 is 2.18 bits per heavy atom. The molecule has 0 aliphatic heterocycles. The maximum absolute atomic E-state index is 4.10. The zero-order chi connectivity index (χ0) is 11.3. The van der Waals surface area contributed by atoms with Crippen LogP contribution in [0.5, 0.6) is 0 Å². The molecule has 0 unspecified atom stereocenters. The summed E-state index contributed by atoms with van der Waals surface area (Å²) in [5, 5.41) is 0. The van der Waals surface area contributed by atoms with Crippen molar-refractivity contribution in [3.05, 3.63) is 53.1 Å². The third-order valence-electron chi connectivity index (χ3n) is 4.49. The molecule has 17 heavy (non-hydrogen) atoms. The first-order chi connectivity index (χ1) is 8.37. The van der Waals surface area contributed by atoms with Crippen molar-refractivity contribution in [2.75, 3.05) is 0 Å². The second-order valence-corrected chi connectivity index (χ2v) is 5.48. The number of rotatable bonds is 2. The first kappa shape index (κ1) is 9.46. The highest BCUT2D eigenvalue weighted by molar-refractivity contribution is 5.48. The lowest BCUT2D eigenvalue weighted by molar-refractivity contribution is 0.681. The molecule has 1 N–H and O–H groups in total. The zero-order valence-corrected chi connectivity index (χ0v) is 9.87. The summed E-state index contributed by atoms with van der Waals surface area (Å²) in [7, 11) is 0. The Hall–Kier alpha value is -1.57. The van der Waals surface area contributed by atoms with Gasteiger partial charge in [-0.2, -0.15) is 0 Å². The standard InChI is InChI=1S/C15H16N2/c1-2-11(8-12-9-16-10-17-12)13-4-5-15(6-7-15)14(13)3-1/h1-3,9-10H,4-8H2,(H,16,17). The third kappa shape index (κ3) is 1.36. The fraction of sp³-hybridized carbons (Fsp3) is 0.400. The number of hydrogen-bond acceptors (Lipinski definition) is 1. The Kier molecular flexibility index (Phi) is 1.79. The largest absolute Gasteiger partial charge is 0.348 e. The predicted octanol–water partition coefficient (Wildman–Crippen LogP) is 2.98. The average molecular weight is 224 g/mol. The van der Waals surface area contributed by atoms with E-state index in [0.717, 1.165) is 6.42 Å². The van der Waals surface area contributed by atoms with Gasteiger partial charge in [0.05, 0.1) is 6.33 Å². The normalized spacial score (nSPS) is 19.5. The van der Waals surface area contributed by atoms with E-state index in [2.05, 4.69) is 28.2 Å². The van der Waals surface area contributed by atoms with E-state index in [1.165, 1.54) is 36.9 Å². The molecule has 0 radical (unpaired) electrons. The van der Waals surface area contributed by atoms with Gasteiger partial charge in [-0.1, -0.05) is 18.2 Å². The Balaban J connectivity index is 1.75. The number of imidazole rings is 1. The van der Waals surface area contributed by atoms with Gasteiger partial charge in [-0.15, -0.1) is 0 Å². The van der Waals surface area contributed by atoms with Gasteiger partial charge in [-0.05, 0) is 47.8 Å². The van der Waals surface area contributed by atoms with Crippen molar-refractivity contribution in [2.45, 2.75) is 37.5 Å². The number of nitrogens with zero attached hydrogens (tertiary/aromatic N) is 1. The van der Waals surface area contributed by atoms with E-state index in [1.54, 1.807) is 17.5 Å². The van der Waals surface area contributed by atoms with Crippen LogP contribution in [0.3, 0.4) is 0 Å². The molecule has 2 aromatic rings. The van der Waals surface area contributed by atoms with E-state index in [0.29, 0.717) is 5.41 Å². The highest BCUT2D eigenvalue weighted by atomic mass is 14.9. The molecule has 4 rings (SSSR count). The topological polar surface area (TPSA) is 28.7 Å². The monoisotopic (exact) mass is 224 g/mol. The predicted molar refractivity (Wildman–Crippen MR) is 67.1 cm³/mol. The van der Waals surface area contributed by atoms with Gasteiger partial charge in [-0.3, -0.25) is 0 Å². The van der Waals surface area contributed by atoms with Gasteiger partial charge >= 0.3 is 0 Å². The maximum Gasteiger partial charge on any atom is 0.0921 e. The number of H-pyrrole nitrogens is 1. The summed E-state index contributed by atoms with van der Waals surface area (Å²) in [4.78, 5) is 7.30. The number of hydrogen-bond donors (Lipinski definition) is 1. The van der Waals surface area contributed by atoms with Gasteiger partial charge in [0.2, 0.25) is 0 Å². The number of aromatic amines is 1. The maximum atomic E-state index is 4.10. The van der Waals surface area contributed by atoms with E-state index in [1.807, 2.05) is 6.20 Å². The van der Waals surface area contributed by atoms with Crippen LogP contribution in [0, 0.1) is 0 Å². The van der Waals surface area contributed by atoms with Crippen LogP contribution in [-0.4, -0.2) is 9.97 Å². The van der Waals surface area contributed by atoms with Crippen molar-refractivity contribution in [2.24, 2.45) is 0 Å². The second kappa shape index (κ2) is 3.22. The molecule has 0 atom stereocenters. The fourth-order valence-electron chi connectivity index (χ4n) is 3.35. The van der Waals surface area contributed by atoms with Crippen molar-refractivity contribution >= 4 is 0 Å². The van der Waals surface area contributed by atoms with Crippen molar-refractivity contribution in [3.8, 4) is 0 Å². The van der Waals surface area contributed by atoms with E-state index >= 15 is 0 Å². The summed E-state index contributed by atoms with van der Waals surface area (Å²) in [5.74, 6) is 0. The van der Waals surface area contributed by atoms with Crippen LogP contribution in [0.2, 0.25) is 0 Å². The van der Waals surface area contributed by atoms with Crippen LogP contribution in [0.25, 0.3) is 0 Å². The molecule has 0 bridgehead atoms. The van der Waals surface area contributed by atoms with Crippen molar-refractivity contribution < 1.29 is 0 Å². The fourth-order valence-corrected chi connectivity index (χ4v) is 3.35. The SMILES string of the molecule is c1cc(Cc2cnc[nH]2)c2c(c1)C1(CC2)CC1. The summed E-state index contributed by atoms with van der Waals surface area (Å²) in [5.41, 5.74) is 6.58. The molecule has 2 aliphatic carbocycles. The van der Waals surface area contributed by atoms with Gasteiger partial charge in [0.15, 0.2) is 0 Å². The Bertz CT molecular complexity index is 550. The first-order valence-corrected chi connectivity index (χ1v) is 6.46. The van der Waals surface area contributed by atoms with E-state index in [-0.39, 0.29) is 0 Å². The minimum Gasteiger partial charge on any atom is -0.348 e. The molecule has 2 heteroatoms. The minimum atomic E-state index is 0.597. The average Bonchev–Trinajstić information content (AvgIpc) is 2.78. The quantitative estimate of drug-likeness (QED) is 0.834. The number of nitrogens with one attached hydrogen (secondary N) is 1. The summed E-state index contributed by atoms with van der Waals surface area (Å²) in [6, 6.07) is 6.86. The lowest BCUT2D eigenvalue weighted by Crippen LogP contribution is -2.00. The molecule has 0 saturated heterocycles. The molecule has 2 nitrogen and oxygen atoms in total. The van der Waals surface area contributed by atoms with Crippen molar-refractivity contribution in [3.63, 3.8) is 0 Å². The van der Waals surface area contributed by atoms with Crippen LogP contribution < -0.4 is 0 Å². The third-order valence-corrected chi connectivity index (χ3v) is 4.49. The number of benzene rings is 1. The Labute approximate surface area is 101 Å². The molecule has 86 valence electrons. The Morgan fingerprint density at radius 1 is 1.24 bits per heavy atom. The lowest BCUT2D eigenvalue weighted by Gasteiger charge is -2.10. The van der Waals surface area contributed by atoms with Crippen molar-refractivity contribution in [1.29, 1.82) is 0 Å². The van der Waals surface area contributed by atoms with Crippen LogP contribution in [0.1, 0.15) is 41.6 Å². The van der Waals surface area contributed by atoms with Gasteiger partial charge in [0.1, 0.15) is 0 Å². The Morgan fingerprint density at radius 3 is 2.94 bits per heavy atom. The summed E-state index contributed by atoms with van der Waals surface area (Å²) >= 11 is 0. The molecule has 1 heterocycles. The van der Waals surface area contributed by atoms with Crippen molar-refractivity contribution in [1.82, 2.24) is 9.97 Å². The molecular formula is C15H16N2. The van der Waals surface area contributed by atoms with E-state index in [9.17, 15) is 0 Å². The van der Waals surface area contributed by atoms with Crippen LogP contribution in [0.15, 0.2) is 30.7 Å². The molecular weight excluding hydrogens is 208 g/mol. The molecule has 1 aromatic carbocycles. The number of aromatic nitrogens is 2. The molecule has 2 aliphatic rings. The summed E-state index contributed by atoms with van der Waals surface area (Å²) in [6.07, 6.45) is 10.2. The number of fused-ring (bicyclic) bond motifs is 2. The molecule has 1 fully saturated rings. The summed E-state index contributed by atoms with van der Waals surface area (Å²) in [6.45, 7) is 0. The van der Waals surface area contributed by atoms with E-state index < -0.39 is 0 Å². The minimum absolute atomic E-state index is 0.597. The molecule has 1 aromatic heterocycles. The molecule has 1 saturated carbocycles. The van der Waals surface area contributed by atoms with Gasteiger partial charge in [0, 0.05) is 18.3 Å². The van der Waals surface area contributed by atoms with Crippen LogP contribution >= 0.6 is 0 Å². The molecule has 1 spiro atoms. The first-order valence-electron chi connectivity index (χ1n) is 6.46. The lowest BCUT2D eigenvalue weighted by atomic mass is 9.95. The van der Waals surface area contributed by atoms with Crippen LogP contribution in [0.4, 0.5) is 0 Å². The second-order valence-electron chi connectivity index (χ2n) is 5.48. The summed E-state index contributed by atoms with van der Waals surface area (Å²) < 4.78 is 0.